The fourth-order valence-electron chi connectivity index (χ4n) is 2.61. The summed E-state index contributed by atoms with van der Waals surface area (Å²) in [5.74, 6) is 2.12. The smallest absolute Gasteiger partial charge is 0.315 e. The number of hydrogen-bond donors (Lipinski definition) is 3. The molecule has 0 saturated heterocycles. The lowest BCUT2D eigenvalue weighted by atomic mass is 10.1. The maximum absolute atomic E-state index is 12.1. The monoisotopic (exact) mass is 320 g/mol. The summed E-state index contributed by atoms with van der Waals surface area (Å²) in [6.07, 6.45) is 1.15. The van der Waals surface area contributed by atoms with Crippen molar-refractivity contribution in [1.82, 2.24) is 10.6 Å². The van der Waals surface area contributed by atoms with E-state index < -0.39 is 6.10 Å². The Morgan fingerprint density at radius 2 is 2.04 bits per heavy atom. The molecule has 3 N–H and O–H groups in total. The van der Waals surface area contributed by atoms with E-state index in [9.17, 15) is 9.90 Å². The molecule has 2 aromatic heterocycles. The summed E-state index contributed by atoms with van der Waals surface area (Å²) >= 11 is 0. The van der Waals surface area contributed by atoms with E-state index in [1.807, 2.05) is 33.8 Å². The van der Waals surface area contributed by atoms with Crippen LogP contribution in [0.15, 0.2) is 33.3 Å². The fraction of sp³-hybridized carbons (Fsp3) is 0.471. The first kappa shape index (κ1) is 17.1. The molecule has 23 heavy (non-hydrogen) atoms. The Hall–Kier alpha value is -2.21. The van der Waals surface area contributed by atoms with Gasteiger partial charge in [0.25, 0.3) is 0 Å². The molecule has 2 aromatic rings. The van der Waals surface area contributed by atoms with Gasteiger partial charge in [-0.3, -0.25) is 0 Å². The van der Waals surface area contributed by atoms with Crippen molar-refractivity contribution in [1.29, 1.82) is 0 Å². The summed E-state index contributed by atoms with van der Waals surface area (Å²) in [6.45, 7) is 7.49. The van der Waals surface area contributed by atoms with Gasteiger partial charge in [-0.05, 0) is 45.9 Å². The Balaban J connectivity index is 1.83. The third-order valence-corrected chi connectivity index (χ3v) is 3.72. The van der Waals surface area contributed by atoms with Gasteiger partial charge in [0.05, 0.1) is 12.3 Å². The molecule has 2 rings (SSSR count). The average Bonchev–Trinajstić information content (AvgIpc) is 3.07. The number of carbonyl (C=O) groups excluding carboxylic acids is 1. The Kier molecular flexibility index (Phi) is 5.50. The minimum Gasteiger partial charge on any atom is -0.467 e. The summed E-state index contributed by atoms with van der Waals surface area (Å²) in [4.78, 5) is 12.1. The van der Waals surface area contributed by atoms with E-state index in [1.54, 1.807) is 12.1 Å². The molecule has 126 valence electrons. The Morgan fingerprint density at radius 1 is 1.30 bits per heavy atom. The molecule has 0 aliphatic carbocycles. The summed E-state index contributed by atoms with van der Waals surface area (Å²) in [6, 6.07) is 4.72. The highest BCUT2D eigenvalue weighted by Gasteiger charge is 2.19. The molecule has 0 aliphatic rings. The van der Waals surface area contributed by atoms with Gasteiger partial charge in [-0.1, -0.05) is 0 Å². The Bertz CT molecular complexity index is 633. The van der Waals surface area contributed by atoms with E-state index in [0.717, 1.165) is 17.1 Å². The van der Waals surface area contributed by atoms with E-state index in [1.165, 1.54) is 6.26 Å². The van der Waals surface area contributed by atoms with Crippen molar-refractivity contribution in [3.05, 3.63) is 47.3 Å². The Morgan fingerprint density at radius 3 is 2.61 bits per heavy atom. The highest BCUT2D eigenvalue weighted by atomic mass is 16.4. The topological polar surface area (TPSA) is 87.6 Å². The zero-order chi connectivity index (χ0) is 17.0. The third-order valence-electron chi connectivity index (χ3n) is 3.72. The van der Waals surface area contributed by atoms with E-state index in [-0.39, 0.29) is 18.1 Å². The fourth-order valence-corrected chi connectivity index (χ4v) is 2.61. The normalized spacial score (nSPS) is 15.0. The van der Waals surface area contributed by atoms with Crippen molar-refractivity contribution in [2.75, 3.05) is 0 Å². The van der Waals surface area contributed by atoms with Crippen LogP contribution >= 0.6 is 0 Å². The van der Waals surface area contributed by atoms with Crippen molar-refractivity contribution < 1.29 is 18.7 Å². The number of nitrogens with one attached hydrogen (secondary N) is 2. The second-order valence-electron chi connectivity index (χ2n) is 5.88. The summed E-state index contributed by atoms with van der Waals surface area (Å²) < 4.78 is 10.6. The van der Waals surface area contributed by atoms with Crippen molar-refractivity contribution in [2.24, 2.45) is 0 Å². The lowest BCUT2D eigenvalue weighted by molar-refractivity contribution is 0.129. The van der Waals surface area contributed by atoms with Crippen molar-refractivity contribution in [2.45, 2.75) is 52.3 Å². The van der Waals surface area contributed by atoms with Crippen molar-refractivity contribution in [3.8, 4) is 0 Å². The zero-order valence-corrected chi connectivity index (χ0v) is 13.9. The average molecular weight is 320 g/mol. The van der Waals surface area contributed by atoms with Crippen LogP contribution in [-0.4, -0.2) is 17.2 Å². The molecule has 6 heteroatoms. The standard InChI is InChI=1S/C17H24N2O4/c1-10(8-15(20)16-6-5-7-22-16)18-17(21)19-12(3)14-9-11(2)23-13(14)4/h5-7,9-10,12,15,20H,8H2,1-4H3,(H2,18,19,21)/t10-,12+,15-/m1/s1. The third kappa shape index (κ3) is 4.63. The molecule has 6 nitrogen and oxygen atoms in total. The van der Waals surface area contributed by atoms with Crippen LogP contribution in [0.5, 0.6) is 0 Å². The molecule has 3 atom stereocenters. The number of carbonyl (C=O) groups is 1. The molecule has 0 bridgehead atoms. The van der Waals surface area contributed by atoms with Crippen molar-refractivity contribution >= 4 is 6.03 Å². The van der Waals surface area contributed by atoms with Crippen LogP contribution < -0.4 is 10.6 Å². The lowest BCUT2D eigenvalue weighted by Crippen LogP contribution is -2.42. The zero-order valence-electron chi connectivity index (χ0n) is 13.9. The molecular weight excluding hydrogens is 296 g/mol. The molecule has 2 heterocycles. The van der Waals surface area contributed by atoms with Crippen LogP contribution in [0.25, 0.3) is 0 Å². The molecule has 0 saturated carbocycles. The maximum atomic E-state index is 12.1. The van der Waals surface area contributed by atoms with Gasteiger partial charge < -0.3 is 24.6 Å². The van der Waals surface area contributed by atoms with Gasteiger partial charge in [-0.2, -0.15) is 0 Å². The minimum absolute atomic E-state index is 0.158. The molecule has 0 aliphatic heterocycles. The van der Waals surface area contributed by atoms with Crippen molar-refractivity contribution in [3.63, 3.8) is 0 Å². The van der Waals surface area contributed by atoms with E-state index >= 15 is 0 Å². The number of aliphatic hydroxyl groups is 1. The lowest BCUT2D eigenvalue weighted by Gasteiger charge is -2.19. The summed E-state index contributed by atoms with van der Waals surface area (Å²) in [5, 5.41) is 15.7. The SMILES string of the molecule is Cc1cc([C@H](C)NC(=O)N[C@H](C)C[C@@H](O)c2ccco2)c(C)o1. The van der Waals surface area contributed by atoms with Gasteiger partial charge >= 0.3 is 6.03 Å². The Labute approximate surface area is 135 Å². The van der Waals surface area contributed by atoms with Gasteiger partial charge in [0.2, 0.25) is 0 Å². The number of aryl methyl sites for hydroxylation is 2. The van der Waals surface area contributed by atoms with E-state index in [2.05, 4.69) is 10.6 Å². The van der Waals surface area contributed by atoms with Crippen LogP contribution in [0, 0.1) is 13.8 Å². The number of urea groups is 1. The van der Waals surface area contributed by atoms with E-state index in [4.69, 9.17) is 8.83 Å². The molecule has 0 fully saturated rings. The largest absolute Gasteiger partial charge is 0.467 e. The van der Waals surface area contributed by atoms with Gasteiger partial charge in [-0.25, -0.2) is 4.79 Å². The number of furan rings is 2. The molecular formula is C17H24N2O4. The molecule has 2 amide bonds. The summed E-state index contributed by atoms with van der Waals surface area (Å²) in [7, 11) is 0. The van der Waals surface area contributed by atoms with Crippen LogP contribution in [0.2, 0.25) is 0 Å². The van der Waals surface area contributed by atoms with Gasteiger partial charge in [0, 0.05) is 18.0 Å². The molecule has 0 radical (unpaired) electrons. The van der Waals surface area contributed by atoms with Crippen LogP contribution in [0.3, 0.4) is 0 Å². The van der Waals surface area contributed by atoms with Gasteiger partial charge in [0.15, 0.2) is 0 Å². The quantitative estimate of drug-likeness (QED) is 0.761. The number of hydrogen-bond acceptors (Lipinski definition) is 4. The second kappa shape index (κ2) is 7.37. The number of aliphatic hydroxyl groups excluding tert-OH is 1. The van der Waals surface area contributed by atoms with Gasteiger partial charge in [0.1, 0.15) is 23.4 Å². The van der Waals surface area contributed by atoms with Crippen LogP contribution in [-0.2, 0) is 0 Å². The van der Waals surface area contributed by atoms with E-state index in [0.29, 0.717) is 12.2 Å². The first-order valence-corrected chi connectivity index (χ1v) is 7.72. The molecule has 0 unspecified atom stereocenters. The second-order valence-corrected chi connectivity index (χ2v) is 5.88. The van der Waals surface area contributed by atoms with Gasteiger partial charge in [-0.15, -0.1) is 0 Å². The predicted octanol–water partition coefficient (Wildman–Crippen LogP) is 3.36. The highest BCUT2D eigenvalue weighted by Crippen LogP contribution is 2.21. The molecule has 0 aromatic carbocycles. The first-order chi connectivity index (χ1) is 10.9. The van der Waals surface area contributed by atoms with Crippen LogP contribution in [0.4, 0.5) is 4.79 Å². The number of rotatable bonds is 6. The summed E-state index contributed by atoms with van der Waals surface area (Å²) in [5.41, 5.74) is 0.959. The predicted molar refractivity (Wildman–Crippen MR) is 86.0 cm³/mol. The number of amides is 2. The van der Waals surface area contributed by atoms with Crippen LogP contribution in [0.1, 0.15) is 55.3 Å². The first-order valence-electron chi connectivity index (χ1n) is 7.72. The maximum Gasteiger partial charge on any atom is 0.315 e. The molecule has 0 spiro atoms. The highest BCUT2D eigenvalue weighted by molar-refractivity contribution is 5.74. The minimum atomic E-state index is -0.739.